The van der Waals surface area contributed by atoms with E-state index in [4.69, 9.17) is 21.6 Å². The van der Waals surface area contributed by atoms with Crippen LogP contribution in [-0.2, 0) is 14.8 Å². The Labute approximate surface area is 142 Å². The highest BCUT2D eigenvalue weighted by atomic mass is 35.5. The van der Waals surface area contributed by atoms with Crippen LogP contribution in [-0.4, -0.2) is 50.3 Å². The van der Waals surface area contributed by atoms with Crippen LogP contribution in [0.4, 0.5) is 5.69 Å². The molecule has 1 saturated heterocycles. The van der Waals surface area contributed by atoms with Crippen LogP contribution in [0.5, 0.6) is 0 Å². The Balaban J connectivity index is 1.92. The molecule has 1 N–H and O–H groups in total. The van der Waals surface area contributed by atoms with Gasteiger partial charge < -0.3 is 10.1 Å². The molecule has 126 valence electrons. The van der Waals surface area contributed by atoms with Crippen LogP contribution in [0.3, 0.4) is 0 Å². The predicted molar refractivity (Wildman–Crippen MR) is 90.0 cm³/mol. The van der Waals surface area contributed by atoms with Gasteiger partial charge in [0.2, 0.25) is 10.0 Å². The molecule has 1 fully saturated rings. The number of hydrogen-bond acceptors (Lipinski definition) is 5. The molecule has 0 bridgehead atoms. The van der Waals surface area contributed by atoms with Crippen molar-refractivity contribution in [2.75, 3.05) is 30.7 Å². The molecular formula is C15H20ClN3O3S. The van der Waals surface area contributed by atoms with E-state index in [1.807, 2.05) is 19.9 Å². The van der Waals surface area contributed by atoms with Crippen molar-refractivity contribution in [1.29, 1.82) is 5.26 Å². The molecule has 0 aromatic heterocycles. The predicted octanol–water partition coefficient (Wildman–Crippen LogP) is 2.06. The lowest BCUT2D eigenvalue weighted by atomic mass is 10.2. The Hall–Kier alpha value is -1.33. The summed E-state index contributed by atoms with van der Waals surface area (Å²) in [5.41, 5.74) is 1.08. The highest BCUT2D eigenvalue weighted by Crippen LogP contribution is 2.20. The average molecular weight is 358 g/mol. The maximum atomic E-state index is 12.4. The van der Waals surface area contributed by atoms with E-state index < -0.39 is 10.0 Å². The highest BCUT2D eigenvalue weighted by Gasteiger charge is 2.30. The van der Waals surface area contributed by atoms with Crippen molar-refractivity contribution in [3.8, 4) is 6.07 Å². The number of rotatable bonds is 5. The number of hydrogen-bond donors (Lipinski definition) is 1. The van der Waals surface area contributed by atoms with Crippen LogP contribution >= 0.6 is 11.6 Å². The summed E-state index contributed by atoms with van der Waals surface area (Å²) in [5, 5.41) is 12.2. The van der Waals surface area contributed by atoms with Gasteiger partial charge in [-0.1, -0.05) is 11.6 Å². The quantitative estimate of drug-likeness (QED) is 0.872. The lowest BCUT2D eigenvalue weighted by molar-refractivity contribution is -0.0440. The SMILES string of the molecule is CC1CN(S(=O)(=O)CCNc2ccc(C#N)c(Cl)c2)CC(C)O1. The van der Waals surface area contributed by atoms with E-state index in [-0.39, 0.29) is 24.5 Å². The molecule has 0 radical (unpaired) electrons. The fourth-order valence-electron chi connectivity index (χ4n) is 2.53. The number of benzene rings is 1. The molecular weight excluding hydrogens is 338 g/mol. The topological polar surface area (TPSA) is 82.4 Å². The number of nitriles is 1. The monoisotopic (exact) mass is 357 g/mol. The molecule has 8 heteroatoms. The van der Waals surface area contributed by atoms with Crippen molar-refractivity contribution in [2.24, 2.45) is 0 Å². The largest absolute Gasteiger partial charge is 0.384 e. The van der Waals surface area contributed by atoms with Crippen LogP contribution in [0, 0.1) is 11.3 Å². The average Bonchev–Trinajstić information content (AvgIpc) is 2.46. The molecule has 2 unspecified atom stereocenters. The molecule has 1 aliphatic rings. The standard InChI is InChI=1S/C15H20ClN3O3S/c1-11-9-19(10-12(2)22-11)23(20,21)6-5-18-14-4-3-13(8-17)15(16)7-14/h3-4,7,11-12,18H,5-6,9-10H2,1-2H3. The molecule has 2 atom stereocenters. The van der Waals surface area contributed by atoms with E-state index in [1.54, 1.807) is 18.2 Å². The van der Waals surface area contributed by atoms with E-state index in [1.165, 1.54) is 4.31 Å². The van der Waals surface area contributed by atoms with Gasteiger partial charge in [-0.3, -0.25) is 0 Å². The smallest absolute Gasteiger partial charge is 0.216 e. The van der Waals surface area contributed by atoms with Crippen LogP contribution in [0.25, 0.3) is 0 Å². The number of nitrogens with one attached hydrogen (secondary N) is 1. The van der Waals surface area contributed by atoms with E-state index in [0.717, 1.165) is 0 Å². The zero-order valence-electron chi connectivity index (χ0n) is 13.1. The third-order valence-electron chi connectivity index (χ3n) is 3.56. The maximum Gasteiger partial charge on any atom is 0.216 e. The third-order valence-corrected chi connectivity index (χ3v) is 5.68. The number of nitrogens with zero attached hydrogens (tertiary/aromatic N) is 2. The van der Waals surface area contributed by atoms with E-state index >= 15 is 0 Å². The Kier molecular flexibility index (Phi) is 5.87. The number of sulfonamides is 1. The van der Waals surface area contributed by atoms with Gasteiger partial charge in [-0.25, -0.2) is 8.42 Å². The van der Waals surface area contributed by atoms with Gasteiger partial charge in [0.05, 0.1) is 28.5 Å². The van der Waals surface area contributed by atoms with E-state index in [2.05, 4.69) is 5.32 Å². The molecule has 0 amide bonds. The molecule has 1 aliphatic heterocycles. The molecule has 1 aromatic carbocycles. The summed E-state index contributed by atoms with van der Waals surface area (Å²) in [4.78, 5) is 0. The fourth-order valence-corrected chi connectivity index (χ4v) is 4.24. The normalized spacial score (nSPS) is 22.5. The fraction of sp³-hybridized carbons (Fsp3) is 0.533. The molecule has 0 saturated carbocycles. The first kappa shape index (κ1) is 18.0. The molecule has 0 aliphatic carbocycles. The van der Waals surface area contributed by atoms with Crippen LogP contribution in [0.2, 0.25) is 5.02 Å². The van der Waals surface area contributed by atoms with Gasteiger partial charge in [0.1, 0.15) is 6.07 Å². The lowest BCUT2D eigenvalue weighted by Crippen LogP contribution is -2.49. The lowest BCUT2D eigenvalue weighted by Gasteiger charge is -2.34. The minimum Gasteiger partial charge on any atom is -0.384 e. The third kappa shape index (κ3) is 4.82. The van der Waals surface area contributed by atoms with Gasteiger partial charge in [-0.2, -0.15) is 9.57 Å². The van der Waals surface area contributed by atoms with Crippen LogP contribution < -0.4 is 5.32 Å². The highest BCUT2D eigenvalue weighted by molar-refractivity contribution is 7.89. The Morgan fingerprint density at radius 3 is 2.61 bits per heavy atom. The summed E-state index contributed by atoms with van der Waals surface area (Å²) in [6.07, 6.45) is -0.197. The van der Waals surface area contributed by atoms with Crippen molar-refractivity contribution in [2.45, 2.75) is 26.1 Å². The molecule has 0 spiro atoms. The van der Waals surface area contributed by atoms with Crippen LogP contribution in [0.1, 0.15) is 19.4 Å². The van der Waals surface area contributed by atoms with Crippen molar-refractivity contribution in [1.82, 2.24) is 4.31 Å². The number of halogens is 1. The summed E-state index contributed by atoms with van der Waals surface area (Å²) in [7, 11) is -3.34. The van der Waals surface area contributed by atoms with Gasteiger partial charge >= 0.3 is 0 Å². The zero-order valence-corrected chi connectivity index (χ0v) is 14.7. The molecule has 2 rings (SSSR count). The zero-order chi connectivity index (χ0) is 17.0. The summed E-state index contributed by atoms with van der Waals surface area (Å²) in [5.74, 6) is -0.00986. The second-order valence-electron chi connectivity index (χ2n) is 5.62. The minimum absolute atomic E-state index is 0.00986. The number of morpholine rings is 1. The molecule has 1 aromatic rings. The summed E-state index contributed by atoms with van der Waals surface area (Å²) >= 11 is 5.95. The molecule has 23 heavy (non-hydrogen) atoms. The minimum atomic E-state index is -3.34. The first-order valence-electron chi connectivity index (χ1n) is 7.38. The molecule has 6 nitrogen and oxygen atoms in total. The van der Waals surface area contributed by atoms with Gasteiger partial charge in [0.25, 0.3) is 0 Å². The second-order valence-corrected chi connectivity index (χ2v) is 8.12. The summed E-state index contributed by atoms with van der Waals surface area (Å²) < 4.78 is 31.8. The van der Waals surface area contributed by atoms with E-state index in [9.17, 15) is 8.42 Å². The van der Waals surface area contributed by atoms with Gasteiger partial charge in [-0.05, 0) is 32.0 Å². The number of anilines is 1. The Bertz CT molecular complexity index is 692. The molecule has 1 heterocycles. The van der Waals surface area contributed by atoms with E-state index in [0.29, 0.717) is 29.4 Å². The summed E-state index contributed by atoms with van der Waals surface area (Å²) in [6, 6.07) is 6.90. The van der Waals surface area contributed by atoms with Crippen molar-refractivity contribution in [3.05, 3.63) is 28.8 Å². The van der Waals surface area contributed by atoms with Crippen LogP contribution in [0.15, 0.2) is 18.2 Å². The first-order valence-corrected chi connectivity index (χ1v) is 9.37. The van der Waals surface area contributed by atoms with Gasteiger partial charge in [0, 0.05) is 25.3 Å². The number of ether oxygens (including phenoxy) is 1. The Morgan fingerprint density at radius 2 is 2.04 bits per heavy atom. The second kappa shape index (κ2) is 7.49. The first-order chi connectivity index (χ1) is 10.8. The van der Waals surface area contributed by atoms with Crippen molar-refractivity contribution < 1.29 is 13.2 Å². The maximum absolute atomic E-state index is 12.4. The van der Waals surface area contributed by atoms with Gasteiger partial charge in [-0.15, -0.1) is 0 Å². The van der Waals surface area contributed by atoms with Crippen molar-refractivity contribution in [3.63, 3.8) is 0 Å². The summed E-state index contributed by atoms with van der Waals surface area (Å²) in [6.45, 7) is 4.78. The van der Waals surface area contributed by atoms with Crippen molar-refractivity contribution >= 4 is 27.3 Å². The Morgan fingerprint density at radius 1 is 1.39 bits per heavy atom. The van der Waals surface area contributed by atoms with Gasteiger partial charge in [0.15, 0.2) is 0 Å².